The Labute approximate surface area is 114 Å². The highest BCUT2D eigenvalue weighted by Crippen LogP contribution is 2.21. The number of hydrogen-bond acceptors (Lipinski definition) is 3. The van der Waals surface area contributed by atoms with Crippen molar-refractivity contribution in [3.63, 3.8) is 0 Å². The van der Waals surface area contributed by atoms with E-state index >= 15 is 0 Å². The highest BCUT2D eigenvalue weighted by Gasteiger charge is 2.22. The van der Waals surface area contributed by atoms with Crippen LogP contribution in [0.2, 0.25) is 0 Å². The van der Waals surface area contributed by atoms with Gasteiger partial charge in [-0.3, -0.25) is 9.10 Å². The van der Waals surface area contributed by atoms with Crippen molar-refractivity contribution in [2.24, 2.45) is 0 Å². The topological polar surface area (TPSA) is 54.5 Å². The monoisotopic (exact) mass is 339 g/mol. The van der Waals surface area contributed by atoms with E-state index in [0.29, 0.717) is 5.69 Å². The first-order valence-electron chi connectivity index (χ1n) is 4.81. The number of sulfonamides is 1. The standard InChI is InChI=1S/C10H11BrClNO3S/c1-2-17(15,16)13(7-10(12)14)9-5-3-8(11)4-6-9/h3-6H,2,7H2,1H3. The number of nitrogens with zero attached hydrogens (tertiary/aromatic N) is 1. The summed E-state index contributed by atoms with van der Waals surface area (Å²) in [6, 6.07) is 6.62. The van der Waals surface area contributed by atoms with Gasteiger partial charge in [0.05, 0.1) is 11.4 Å². The number of halogens is 2. The Balaban J connectivity index is 3.15. The number of carbonyl (C=O) groups is 1. The minimum atomic E-state index is -3.51. The molecule has 0 N–H and O–H groups in total. The summed E-state index contributed by atoms with van der Waals surface area (Å²) in [5, 5.41) is -0.718. The van der Waals surface area contributed by atoms with Gasteiger partial charge < -0.3 is 0 Å². The van der Waals surface area contributed by atoms with Crippen LogP contribution in [0.25, 0.3) is 0 Å². The molecule has 0 aliphatic carbocycles. The molecule has 0 atom stereocenters. The molecule has 0 radical (unpaired) electrons. The van der Waals surface area contributed by atoms with Gasteiger partial charge in [0, 0.05) is 4.47 Å². The lowest BCUT2D eigenvalue weighted by Gasteiger charge is -2.22. The van der Waals surface area contributed by atoms with Crippen molar-refractivity contribution >= 4 is 48.5 Å². The maximum atomic E-state index is 11.8. The summed E-state index contributed by atoms with van der Waals surface area (Å²) in [4.78, 5) is 10.9. The molecule has 1 rings (SSSR count). The Bertz CT molecular complexity index is 501. The third kappa shape index (κ3) is 3.97. The zero-order valence-corrected chi connectivity index (χ0v) is 12.2. The van der Waals surface area contributed by atoms with Crippen LogP contribution in [-0.4, -0.2) is 26.0 Å². The van der Waals surface area contributed by atoms with Crippen molar-refractivity contribution in [2.75, 3.05) is 16.6 Å². The van der Waals surface area contributed by atoms with E-state index in [1.165, 1.54) is 6.92 Å². The van der Waals surface area contributed by atoms with Crippen LogP contribution in [0.1, 0.15) is 6.92 Å². The van der Waals surface area contributed by atoms with Gasteiger partial charge in [0.15, 0.2) is 0 Å². The second kappa shape index (κ2) is 5.84. The molecule has 0 bridgehead atoms. The van der Waals surface area contributed by atoms with E-state index in [9.17, 15) is 13.2 Å². The molecule has 1 aromatic rings. The SMILES string of the molecule is CCS(=O)(=O)N(CC(=O)Cl)c1ccc(Br)cc1. The first-order valence-corrected chi connectivity index (χ1v) is 7.59. The average Bonchev–Trinajstić information content (AvgIpc) is 2.27. The molecular weight excluding hydrogens is 330 g/mol. The fraction of sp³-hybridized carbons (Fsp3) is 0.300. The van der Waals surface area contributed by atoms with Gasteiger partial charge in [0.2, 0.25) is 15.3 Å². The molecule has 0 amide bonds. The maximum Gasteiger partial charge on any atom is 0.242 e. The first-order chi connectivity index (χ1) is 7.86. The zero-order chi connectivity index (χ0) is 13.1. The lowest BCUT2D eigenvalue weighted by molar-refractivity contribution is -0.110. The molecule has 0 aliphatic rings. The van der Waals surface area contributed by atoms with Crippen LogP contribution in [-0.2, 0) is 14.8 Å². The second-order valence-corrected chi connectivity index (χ2v) is 6.76. The van der Waals surface area contributed by atoms with Gasteiger partial charge in [0.1, 0.15) is 6.54 Å². The summed E-state index contributed by atoms with van der Waals surface area (Å²) in [7, 11) is -3.51. The van der Waals surface area contributed by atoms with Crippen LogP contribution >= 0.6 is 27.5 Å². The van der Waals surface area contributed by atoms with Gasteiger partial charge >= 0.3 is 0 Å². The van der Waals surface area contributed by atoms with E-state index in [0.717, 1.165) is 8.78 Å². The molecular formula is C10H11BrClNO3S. The van der Waals surface area contributed by atoms with E-state index in [4.69, 9.17) is 11.6 Å². The molecule has 0 spiro atoms. The molecule has 0 aliphatic heterocycles. The number of benzene rings is 1. The number of hydrogen-bond donors (Lipinski definition) is 0. The maximum absolute atomic E-state index is 11.8. The van der Waals surface area contributed by atoms with Crippen molar-refractivity contribution in [1.29, 1.82) is 0 Å². The van der Waals surface area contributed by atoms with Crippen molar-refractivity contribution in [3.05, 3.63) is 28.7 Å². The van der Waals surface area contributed by atoms with E-state index in [-0.39, 0.29) is 12.3 Å². The Kier molecular flexibility index (Phi) is 4.97. The van der Waals surface area contributed by atoms with Crippen molar-refractivity contribution in [2.45, 2.75) is 6.92 Å². The van der Waals surface area contributed by atoms with Crippen molar-refractivity contribution < 1.29 is 13.2 Å². The van der Waals surface area contributed by atoms with Crippen LogP contribution in [0.3, 0.4) is 0 Å². The largest absolute Gasteiger partial charge is 0.279 e. The van der Waals surface area contributed by atoms with E-state index in [2.05, 4.69) is 15.9 Å². The molecule has 0 unspecified atom stereocenters. The third-order valence-electron chi connectivity index (χ3n) is 2.08. The second-order valence-electron chi connectivity index (χ2n) is 3.24. The number of anilines is 1. The number of rotatable bonds is 5. The van der Waals surface area contributed by atoms with Crippen molar-refractivity contribution in [3.8, 4) is 0 Å². The Morgan fingerprint density at radius 3 is 2.29 bits per heavy atom. The molecule has 1 aromatic carbocycles. The van der Waals surface area contributed by atoms with Crippen LogP contribution in [0, 0.1) is 0 Å². The summed E-state index contributed by atoms with van der Waals surface area (Å²) >= 11 is 8.51. The third-order valence-corrected chi connectivity index (χ3v) is 4.47. The molecule has 0 saturated heterocycles. The summed E-state index contributed by atoms with van der Waals surface area (Å²) in [6.07, 6.45) is 0. The predicted octanol–water partition coefficient (Wildman–Crippen LogP) is 2.37. The normalized spacial score (nSPS) is 11.2. The van der Waals surface area contributed by atoms with Crippen LogP contribution < -0.4 is 4.31 Å². The van der Waals surface area contributed by atoms with Crippen LogP contribution in [0.4, 0.5) is 5.69 Å². The summed E-state index contributed by atoms with van der Waals surface area (Å²) < 4.78 is 25.5. The van der Waals surface area contributed by atoms with Crippen LogP contribution in [0.15, 0.2) is 28.7 Å². The van der Waals surface area contributed by atoms with E-state index < -0.39 is 15.3 Å². The molecule has 94 valence electrons. The molecule has 17 heavy (non-hydrogen) atoms. The van der Waals surface area contributed by atoms with E-state index in [1.54, 1.807) is 24.3 Å². The minimum Gasteiger partial charge on any atom is -0.279 e. The minimum absolute atomic E-state index is 0.0900. The fourth-order valence-electron chi connectivity index (χ4n) is 1.23. The van der Waals surface area contributed by atoms with Gasteiger partial charge in [-0.05, 0) is 42.8 Å². The fourth-order valence-corrected chi connectivity index (χ4v) is 2.75. The van der Waals surface area contributed by atoms with E-state index in [1.807, 2.05) is 0 Å². The lowest BCUT2D eigenvalue weighted by Crippen LogP contribution is -2.35. The van der Waals surface area contributed by atoms with Gasteiger partial charge in [-0.25, -0.2) is 8.42 Å². The molecule has 7 heteroatoms. The van der Waals surface area contributed by atoms with Crippen molar-refractivity contribution in [1.82, 2.24) is 0 Å². The smallest absolute Gasteiger partial charge is 0.242 e. The Hall–Kier alpha value is -0.590. The van der Waals surface area contributed by atoms with Crippen LogP contribution in [0.5, 0.6) is 0 Å². The van der Waals surface area contributed by atoms with Gasteiger partial charge in [0.25, 0.3) is 0 Å². The first kappa shape index (κ1) is 14.5. The summed E-state index contributed by atoms with van der Waals surface area (Å²) in [5.41, 5.74) is 0.420. The van der Waals surface area contributed by atoms with Gasteiger partial charge in [-0.2, -0.15) is 0 Å². The quantitative estimate of drug-likeness (QED) is 0.773. The van der Waals surface area contributed by atoms with Gasteiger partial charge in [-0.15, -0.1) is 0 Å². The predicted molar refractivity (Wildman–Crippen MR) is 71.8 cm³/mol. The summed E-state index contributed by atoms with van der Waals surface area (Å²) in [5.74, 6) is -0.0900. The average molecular weight is 341 g/mol. The Morgan fingerprint density at radius 1 is 1.35 bits per heavy atom. The molecule has 0 aromatic heterocycles. The molecule has 0 fully saturated rings. The number of carbonyl (C=O) groups excluding carboxylic acids is 1. The highest BCUT2D eigenvalue weighted by molar-refractivity contribution is 9.10. The summed E-state index contributed by atoms with van der Waals surface area (Å²) in [6.45, 7) is 1.15. The molecule has 4 nitrogen and oxygen atoms in total. The molecule has 0 saturated carbocycles. The Morgan fingerprint density at radius 2 is 1.88 bits per heavy atom. The molecule has 0 heterocycles. The lowest BCUT2D eigenvalue weighted by atomic mass is 10.3. The highest BCUT2D eigenvalue weighted by atomic mass is 79.9. The zero-order valence-electron chi connectivity index (χ0n) is 9.06. The van der Waals surface area contributed by atoms with Gasteiger partial charge in [-0.1, -0.05) is 15.9 Å².